The van der Waals surface area contributed by atoms with Crippen molar-refractivity contribution in [2.75, 3.05) is 5.43 Å². The Kier molecular flexibility index (Phi) is 3.97. The number of anilines is 1. The number of hydrazine groups is 1. The van der Waals surface area contributed by atoms with Gasteiger partial charge in [-0.25, -0.2) is 9.97 Å². The molecule has 1 aromatic carbocycles. The van der Waals surface area contributed by atoms with Crippen LogP contribution in [0, 0.1) is 13.8 Å². The maximum Gasteiger partial charge on any atom is 0.279 e. The van der Waals surface area contributed by atoms with E-state index < -0.39 is 0 Å². The van der Waals surface area contributed by atoms with Gasteiger partial charge in [-0.3, -0.25) is 15.6 Å². The number of thiophene rings is 1. The van der Waals surface area contributed by atoms with Crippen LogP contribution in [0.2, 0.25) is 0 Å². The second-order valence-corrected chi connectivity index (χ2v) is 7.23. The Labute approximate surface area is 150 Å². The maximum atomic E-state index is 12.5. The van der Waals surface area contributed by atoms with Crippen LogP contribution in [0.4, 0.5) is 5.95 Å². The zero-order valence-electron chi connectivity index (χ0n) is 14.1. The molecule has 4 rings (SSSR count). The van der Waals surface area contributed by atoms with Crippen molar-refractivity contribution >= 4 is 23.2 Å². The Morgan fingerprint density at radius 3 is 2.56 bits per heavy atom. The standard InChI is InChI=1S/C19H18N4OS/c1-11-9-12(2)21-19(20-11)23-22-18(24)16-10-14-8-7-13-5-3-4-6-15(13)17(14)25-16/h3-6,9-10H,7-8H2,1-2H3,(H,22,24)(H,20,21,23). The van der Waals surface area contributed by atoms with Gasteiger partial charge in [0, 0.05) is 16.3 Å². The summed E-state index contributed by atoms with van der Waals surface area (Å²) in [6, 6.07) is 12.3. The van der Waals surface area contributed by atoms with Gasteiger partial charge in [0.25, 0.3) is 5.91 Å². The predicted octanol–water partition coefficient (Wildman–Crippen LogP) is 3.68. The smallest absolute Gasteiger partial charge is 0.266 e. The van der Waals surface area contributed by atoms with Gasteiger partial charge in [0.05, 0.1) is 4.88 Å². The molecular formula is C19H18N4OS. The first kappa shape index (κ1) is 15.8. The quantitative estimate of drug-likeness (QED) is 0.707. The number of amides is 1. The largest absolute Gasteiger partial charge is 0.279 e. The summed E-state index contributed by atoms with van der Waals surface area (Å²) in [4.78, 5) is 22.9. The van der Waals surface area contributed by atoms with Crippen LogP contribution in [0.3, 0.4) is 0 Å². The zero-order chi connectivity index (χ0) is 17.4. The highest BCUT2D eigenvalue weighted by molar-refractivity contribution is 7.17. The Morgan fingerprint density at radius 1 is 1.04 bits per heavy atom. The third kappa shape index (κ3) is 3.13. The molecule has 3 aromatic rings. The molecule has 0 unspecified atom stereocenters. The number of hydrogen-bond acceptors (Lipinski definition) is 5. The summed E-state index contributed by atoms with van der Waals surface area (Å²) in [6.45, 7) is 3.79. The first-order valence-corrected chi connectivity index (χ1v) is 9.01. The summed E-state index contributed by atoms with van der Waals surface area (Å²) < 4.78 is 0. The summed E-state index contributed by atoms with van der Waals surface area (Å²) in [5.41, 5.74) is 11.1. The first-order chi connectivity index (χ1) is 12.1. The molecule has 0 saturated heterocycles. The molecule has 0 saturated carbocycles. The summed E-state index contributed by atoms with van der Waals surface area (Å²) in [7, 11) is 0. The number of rotatable bonds is 3. The van der Waals surface area contributed by atoms with E-state index in [0.717, 1.165) is 24.2 Å². The van der Waals surface area contributed by atoms with Crippen molar-refractivity contribution in [3.63, 3.8) is 0 Å². The molecule has 0 spiro atoms. The summed E-state index contributed by atoms with van der Waals surface area (Å²) in [6.07, 6.45) is 2.00. The lowest BCUT2D eigenvalue weighted by Crippen LogP contribution is -2.29. The second kappa shape index (κ2) is 6.29. The number of benzene rings is 1. The fourth-order valence-corrected chi connectivity index (χ4v) is 4.31. The van der Waals surface area contributed by atoms with Gasteiger partial charge in [-0.05, 0) is 55.5 Å². The van der Waals surface area contributed by atoms with E-state index in [2.05, 4.69) is 39.0 Å². The molecule has 0 radical (unpaired) electrons. The number of aryl methyl sites for hydroxylation is 4. The van der Waals surface area contributed by atoms with Gasteiger partial charge in [0.15, 0.2) is 0 Å². The molecule has 1 aliphatic rings. The molecule has 2 N–H and O–H groups in total. The molecule has 2 aromatic heterocycles. The molecule has 0 bridgehead atoms. The Hall–Kier alpha value is -2.73. The van der Waals surface area contributed by atoms with Crippen LogP contribution in [0.1, 0.15) is 32.2 Å². The highest BCUT2D eigenvalue weighted by atomic mass is 32.1. The number of nitrogens with zero attached hydrogens (tertiary/aromatic N) is 2. The molecule has 6 heteroatoms. The highest BCUT2D eigenvalue weighted by Gasteiger charge is 2.21. The minimum Gasteiger partial charge on any atom is -0.266 e. The van der Waals surface area contributed by atoms with Gasteiger partial charge in [0.1, 0.15) is 0 Å². The van der Waals surface area contributed by atoms with Crippen LogP contribution in [0.5, 0.6) is 0 Å². The van der Waals surface area contributed by atoms with Crippen LogP contribution in [0.15, 0.2) is 36.4 Å². The zero-order valence-corrected chi connectivity index (χ0v) is 14.9. The van der Waals surface area contributed by atoms with Gasteiger partial charge < -0.3 is 0 Å². The van der Waals surface area contributed by atoms with E-state index in [1.54, 1.807) is 0 Å². The lowest BCUT2D eigenvalue weighted by atomic mass is 9.91. The normalized spacial score (nSPS) is 12.2. The lowest BCUT2D eigenvalue weighted by molar-refractivity contribution is 0.0966. The number of nitrogens with one attached hydrogen (secondary N) is 2. The molecule has 1 amide bonds. The molecular weight excluding hydrogens is 332 g/mol. The minimum atomic E-state index is -0.167. The van der Waals surface area contributed by atoms with E-state index >= 15 is 0 Å². The van der Waals surface area contributed by atoms with Crippen molar-refractivity contribution in [2.24, 2.45) is 0 Å². The molecule has 5 nitrogen and oxygen atoms in total. The molecule has 25 heavy (non-hydrogen) atoms. The van der Waals surface area contributed by atoms with Gasteiger partial charge in [0.2, 0.25) is 5.95 Å². The van der Waals surface area contributed by atoms with E-state index in [1.165, 1.54) is 32.9 Å². The molecule has 2 heterocycles. The number of carbonyl (C=O) groups excluding carboxylic acids is 1. The van der Waals surface area contributed by atoms with Gasteiger partial charge in [-0.15, -0.1) is 11.3 Å². The number of fused-ring (bicyclic) bond motifs is 3. The average Bonchev–Trinajstić information content (AvgIpc) is 3.04. The van der Waals surface area contributed by atoms with Crippen molar-refractivity contribution in [3.05, 3.63) is 63.8 Å². The van der Waals surface area contributed by atoms with Crippen molar-refractivity contribution in [1.29, 1.82) is 0 Å². The Bertz CT molecular complexity index is 944. The third-order valence-electron chi connectivity index (χ3n) is 4.23. The van der Waals surface area contributed by atoms with Crippen LogP contribution < -0.4 is 10.9 Å². The van der Waals surface area contributed by atoms with E-state index in [0.29, 0.717) is 10.8 Å². The van der Waals surface area contributed by atoms with Crippen molar-refractivity contribution in [2.45, 2.75) is 26.7 Å². The summed E-state index contributed by atoms with van der Waals surface area (Å²) >= 11 is 1.53. The lowest BCUT2D eigenvalue weighted by Gasteiger charge is -2.15. The Balaban J connectivity index is 1.53. The van der Waals surface area contributed by atoms with Crippen molar-refractivity contribution in [1.82, 2.24) is 15.4 Å². The Morgan fingerprint density at radius 2 is 1.76 bits per heavy atom. The summed E-state index contributed by atoms with van der Waals surface area (Å²) in [5, 5.41) is 0. The van der Waals surface area contributed by atoms with Crippen LogP contribution in [-0.4, -0.2) is 15.9 Å². The van der Waals surface area contributed by atoms with Crippen LogP contribution in [0.25, 0.3) is 10.4 Å². The third-order valence-corrected chi connectivity index (χ3v) is 5.44. The molecule has 0 fully saturated rings. The molecule has 0 aliphatic heterocycles. The van der Waals surface area contributed by atoms with Crippen LogP contribution in [-0.2, 0) is 12.8 Å². The van der Waals surface area contributed by atoms with E-state index in [4.69, 9.17) is 0 Å². The van der Waals surface area contributed by atoms with E-state index in [9.17, 15) is 4.79 Å². The van der Waals surface area contributed by atoms with E-state index in [1.807, 2.05) is 32.0 Å². The topological polar surface area (TPSA) is 66.9 Å². The van der Waals surface area contributed by atoms with E-state index in [-0.39, 0.29) is 5.91 Å². The number of aromatic nitrogens is 2. The second-order valence-electron chi connectivity index (χ2n) is 6.18. The number of hydrogen-bond donors (Lipinski definition) is 2. The summed E-state index contributed by atoms with van der Waals surface area (Å²) in [5.74, 6) is 0.233. The van der Waals surface area contributed by atoms with Gasteiger partial charge >= 0.3 is 0 Å². The van der Waals surface area contributed by atoms with Gasteiger partial charge in [-0.1, -0.05) is 24.3 Å². The SMILES string of the molecule is Cc1cc(C)nc(NNC(=O)c2cc3c(s2)-c2ccccc2CC3)n1. The fourth-order valence-electron chi connectivity index (χ4n) is 3.14. The average molecular weight is 350 g/mol. The maximum absolute atomic E-state index is 12.5. The molecule has 126 valence electrons. The first-order valence-electron chi connectivity index (χ1n) is 8.20. The van der Waals surface area contributed by atoms with Crippen molar-refractivity contribution in [3.8, 4) is 10.4 Å². The van der Waals surface area contributed by atoms with Crippen LogP contribution >= 0.6 is 11.3 Å². The minimum absolute atomic E-state index is 0.167. The van der Waals surface area contributed by atoms with Gasteiger partial charge in [-0.2, -0.15) is 0 Å². The number of carbonyl (C=O) groups is 1. The molecule has 1 aliphatic carbocycles. The monoisotopic (exact) mass is 350 g/mol. The fraction of sp³-hybridized carbons (Fsp3) is 0.211. The predicted molar refractivity (Wildman–Crippen MR) is 99.8 cm³/mol. The highest BCUT2D eigenvalue weighted by Crippen LogP contribution is 2.39. The molecule has 0 atom stereocenters. The van der Waals surface area contributed by atoms with Crippen molar-refractivity contribution < 1.29 is 4.79 Å².